The van der Waals surface area contributed by atoms with Crippen molar-refractivity contribution in [3.63, 3.8) is 0 Å². The first-order chi connectivity index (χ1) is 9.65. The van der Waals surface area contributed by atoms with Crippen molar-refractivity contribution in [3.05, 3.63) is 35.4 Å². The van der Waals surface area contributed by atoms with Gasteiger partial charge < -0.3 is 0 Å². The second kappa shape index (κ2) is 5.58. The topological polar surface area (TPSA) is 40.6 Å². The molecule has 0 saturated carbocycles. The third kappa shape index (κ3) is 3.07. The van der Waals surface area contributed by atoms with E-state index in [1.54, 1.807) is 0 Å². The van der Waals surface area contributed by atoms with E-state index >= 15 is 0 Å². The van der Waals surface area contributed by atoms with Gasteiger partial charge in [0.25, 0.3) is 10.2 Å². The lowest BCUT2D eigenvalue weighted by Crippen LogP contribution is -2.39. The Balaban J connectivity index is 2.47. The van der Waals surface area contributed by atoms with Crippen LogP contribution in [0.3, 0.4) is 0 Å². The highest BCUT2D eigenvalue weighted by molar-refractivity contribution is 7.86. The zero-order valence-corrected chi connectivity index (χ0v) is 12.6. The standard InChI is InChI=1S/C13H17F3N2O2S/c1-17(2)21(19,20)18-9-5-8-12(18)10-6-3-4-7-11(10)13(14,15)16/h3-4,6-7,12H,5,8-9H2,1-2H3/t12-/m1/s1. The van der Waals surface area contributed by atoms with Crippen molar-refractivity contribution in [3.8, 4) is 0 Å². The summed E-state index contributed by atoms with van der Waals surface area (Å²) < 4.78 is 66.0. The first-order valence-electron chi connectivity index (χ1n) is 6.51. The second-order valence-electron chi connectivity index (χ2n) is 5.14. The van der Waals surface area contributed by atoms with Crippen LogP contribution in [0.4, 0.5) is 13.2 Å². The summed E-state index contributed by atoms with van der Waals surface area (Å²) in [6, 6.07) is 4.40. The van der Waals surface area contributed by atoms with Crippen molar-refractivity contribution >= 4 is 10.2 Å². The Labute approximate surface area is 122 Å². The third-order valence-corrected chi connectivity index (χ3v) is 5.54. The van der Waals surface area contributed by atoms with Gasteiger partial charge in [0.2, 0.25) is 0 Å². The molecule has 21 heavy (non-hydrogen) atoms. The van der Waals surface area contributed by atoms with Crippen molar-refractivity contribution in [1.29, 1.82) is 0 Å². The summed E-state index contributed by atoms with van der Waals surface area (Å²) in [7, 11) is -0.986. The van der Waals surface area contributed by atoms with E-state index < -0.39 is 28.0 Å². The normalized spacial score (nSPS) is 21.1. The van der Waals surface area contributed by atoms with Crippen LogP contribution in [0.5, 0.6) is 0 Å². The van der Waals surface area contributed by atoms with Crippen molar-refractivity contribution in [1.82, 2.24) is 8.61 Å². The van der Waals surface area contributed by atoms with Crippen molar-refractivity contribution in [2.45, 2.75) is 25.1 Å². The Morgan fingerprint density at radius 3 is 2.43 bits per heavy atom. The zero-order valence-electron chi connectivity index (χ0n) is 11.8. The molecule has 1 fully saturated rings. The Morgan fingerprint density at radius 1 is 1.24 bits per heavy atom. The summed E-state index contributed by atoms with van der Waals surface area (Å²) in [6.07, 6.45) is -3.56. The van der Waals surface area contributed by atoms with Gasteiger partial charge in [-0.1, -0.05) is 18.2 Å². The van der Waals surface area contributed by atoms with Crippen molar-refractivity contribution < 1.29 is 21.6 Å². The smallest absolute Gasteiger partial charge is 0.195 e. The average molecular weight is 322 g/mol. The minimum atomic E-state index is -4.49. The van der Waals surface area contributed by atoms with E-state index in [9.17, 15) is 21.6 Å². The Hall–Kier alpha value is -1.12. The maximum Gasteiger partial charge on any atom is 0.416 e. The van der Waals surface area contributed by atoms with Crippen LogP contribution in [-0.4, -0.2) is 37.7 Å². The number of hydrogen-bond acceptors (Lipinski definition) is 2. The molecule has 1 saturated heterocycles. The minimum Gasteiger partial charge on any atom is -0.195 e. The molecule has 0 N–H and O–H groups in total. The Bertz CT molecular complexity index is 614. The highest BCUT2D eigenvalue weighted by Crippen LogP contribution is 2.41. The van der Waals surface area contributed by atoms with Gasteiger partial charge in [-0.15, -0.1) is 0 Å². The first kappa shape index (κ1) is 16.3. The SMILES string of the molecule is CN(C)S(=O)(=O)N1CCC[C@@H]1c1ccccc1C(F)(F)F. The summed E-state index contributed by atoms with van der Waals surface area (Å²) in [5.41, 5.74) is -0.746. The summed E-state index contributed by atoms with van der Waals surface area (Å²) in [5.74, 6) is 0. The summed E-state index contributed by atoms with van der Waals surface area (Å²) >= 11 is 0. The van der Waals surface area contributed by atoms with Gasteiger partial charge in [-0.25, -0.2) is 0 Å². The molecule has 0 unspecified atom stereocenters. The molecular formula is C13H17F3N2O2S. The van der Waals surface area contributed by atoms with Gasteiger partial charge in [-0.3, -0.25) is 0 Å². The van der Waals surface area contributed by atoms with Crippen molar-refractivity contribution in [2.75, 3.05) is 20.6 Å². The number of nitrogens with zero attached hydrogens (tertiary/aromatic N) is 2. The van der Waals surface area contributed by atoms with E-state index in [0.29, 0.717) is 12.8 Å². The molecular weight excluding hydrogens is 305 g/mol. The molecule has 0 aromatic heterocycles. The zero-order chi connectivity index (χ0) is 15.8. The molecule has 8 heteroatoms. The monoisotopic (exact) mass is 322 g/mol. The quantitative estimate of drug-likeness (QED) is 0.858. The lowest BCUT2D eigenvalue weighted by Gasteiger charge is -2.28. The van der Waals surface area contributed by atoms with Gasteiger partial charge in [-0.05, 0) is 24.5 Å². The second-order valence-corrected chi connectivity index (χ2v) is 7.24. The van der Waals surface area contributed by atoms with Gasteiger partial charge in [0.05, 0.1) is 11.6 Å². The van der Waals surface area contributed by atoms with Crippen LogP contribution in [0.15, 0.2) is 24.3 Å². The van der Waals surface area contributed by atoms with Gasteiger partial charge in [0, 0.05) is 20.6 Å². The fourth-order valence-corrected chi connectivity index (χ4v) is 3.90. The predicted octanol–water partition coefficient (Wildman–Crippen LogP) is 2.65. The molecule has 0 spiro atoms. The molecule has 0 aliphatic carbocycles. The molecule has 1 aliphatic rings. The minimum absolute atomic E-state index is 0.0212. The molecule has 0 amide bonds. The van der Waals surface area contributed by atoms with Gasteiger partial charge >= 0.3 is 6.18 Å². The van der Waals surface area contributed by atoms with E-state index in [0.717, 1.165) is 14.7 Å². The fraction of sp³-hybridized carbons (Fsp3) is 0.538. The molecule has 1 aromatic rings. The number of alkyl halides is 3. The van der Waals surface area contributed by atoms with E-state index in [2.05, 4.69) is 0 Å². The maximum atomic E-state index is 13.1. The molecule has 0 radical (unpaired) electrons. The number of hydrogen-bond donors (Lipinski definition) is 0. The molecule has 118 valence electrons. The van der Waals surface area contributed by atoms with Crippen LogP contribution in [0, 0.1) is 0 Å². The summed E-state index contributed by atoms with van der Waals surface area (Å²) in [6.45, 7) is 0.234. The highest BCUT2D eigenvalue weighted by Gasteiger charge is 2.41. The predicted molar refractivity (Wildman–Crippen MR) is 72.7 cm³/mol. The number of benzene rings is 1. The largest absolute Gasteiger partial charge is 0.416 e. The number of halogens is 3. The van der Waals surface area contributed by atoms with E-state index in [4.69, 9.17) is 0 Å². The van der Waals surface area contributed by atoms with Crippen LogP contribution < -0.4 is 0 Å². The summed E-state index contributed by atoms with van der Waals surface area (Å²) in [5, 5.41) is 0. The van der Waals surface area contributed by atoms with E-state index in [-0.39, 0.29) is 12.1 Å². The van der Waals surface area contributed by atoms with Gasteiger partial charge in [0.1, 0.15) is 0 Å². The summed E-state index contributed by atoms with van der Waals surface area (Å²) in [4.78, 5) is 0. The lowest BCUT2D eigenvalue weighted by molar-refractivity contribution is -0.138. The molecule has 1 heterocycles. The molecule has 4 nitrogen and oxygen atoms in total. The van der Waals surface area contributed by atoms with Gasteiger partial charge in [-0.2, -0.15) is 30.2 Å². The average Bonchev–Trinajstić information content (AvgIpc) is 2.87. The van der Waals surface area contributed by atoms with Gasteiger partial charge in [0.15, 0.2) is 0 Å². The first-order valence-corrected chi connectivity index (χ1v) is 7.91. The van der Waals surface area contributed by atoms with E-state index in [1.165, 1.54) is 32.3 Å². The van der Waals surface area contributed by atoms with Crippen LogP contribution in [0.25, 0.3) is 0 Å². The highest BCUT2D eigenvalue weighted by atomic mass is 32.2. The molecule has 1 aliphatic heterocycles. The van der Waals surface area contributed by atoms with E-state index in [1.807, 2.05) is 0 Å². The Kier molecular flexibility index (Phi) is 4.32. The van der Waals surface area contributed by atoms with Crippen LogP contribution in [-0.2, 0) is 16.4 Å². The van der Waals surface area contributed by atoms with Crippen LogP contribution >= 0.6 is 0 Å². The van der Waals surface area contributed by atoms with Crippen molar-refractivity contribution in [2.24, 2.45) is 0 Å². The lowest BCUT2D eigenvalue weighted by atomic mass is 9.99. The van der Waals surface area contributed by atoms with Crippen LogP contribution in [0.2, 0.25) is 0 Å². The maximum absolute atomic E-state index is 13.1. The molecule has 1 aromatic carbocycles. The number of rotatable bonds is 3. The molecule has 1 atom stereocenters. The molecule has 0 bridgehead atoms. The fourth-order valence-electron chi connectivity index (χ4n) is 2.58. The Morgan fingerprint density at radius 2 is 1.86 bits per heavy atom. The molecule has 2 rings (SSSR count). The third-order valence-electron chi connectivity index (χ3n) is 3.59. The van der Waals surface area contributed by atoms with Crippen LogP contribution in [0.1, 0.15) is 30.0 Å².